The number of hydrogen-bond donors (Lipinski definition) is 2. The Hall–Kier alpha value is -1.06. The number of aromatic amines is 1. The van der Waals surface area contributed by atoms with Crippen molar-refractivity contribution in [3.63, 3.8) is 0 Å². The van der Waals surface area contributed by atoms with Crippen LogP contribution in [0.25, 0.3) is 10.9 Å². The van der Waals surface area contributed by atoms with Gasteiger partial charge in [0, 0.05) is 11.6 Å². The minimum absolute atomic E-state index is 0. The highest BCUT2D eigenvalue weighted by Gasteiger charge is 2.19. The van der Waals surface area contributed by atoms with E-state index in [9.17, 15) is 4.39 Å². The van der Waals surface area contributed by atoms with Crippen LogP contribution in [0.15, 0.2) is 24.4 Å². The summed E-state index contributed by atoms with van der Waals surface area (Å²) in [6, 6.07) is 5.30. The number of para-hydroxylation sites is 1. The molecule has 2 nitrogen and oxygen atoms in total. The second-order valence-electron chi connectivity index (χ2n) is 4.43. The minimum Gasteiger partial charge on any atom is -0.359 e. The van der Waals surface area contributed by atoms with Gasteiger partial charge in [0.05, 0.1) is 5.52 Å². The largest absolute Gasteiger partial charge is 0.359 e. The number of benzene rings is 1. The monoisotopic (exact) mass is 254 g/mol. The van der Waals surface area contributed by atoms with Gasteiger partial charge in [-0.3, -0.25) is 0 Å². The van der Waals surface area contributed by atoms with Crippen molar-refractivity contribution in [2.75, 3.05) is 13.1 Å². The Balaban J connectivity index is 0.00000108. The summed E-state index contributed by atoms with van der Waals surface area (Å²) >= 11 is 0. The molecule has 0 radical (unpaired) electrons. The predicted molar refractivity (Wildman–Crippen MR) is 70.3 cm³/mol. The third kappa shape index (κ3) is 2.17. The van der Waals surface area contributed by atoms with Gasteiger partial charge < -0.3 is 10.3 Å². The number of nitrogens with one attached hydrogen (secondary N) is 2. The lowest BCUT2D eigenvalue weighted by Crippen LogP contribution is -2.26. The van der Waals surface area contributed by atoms with E-state index in [1.165, 1.54) is 11.6 Å². The fourth-order valence-corrected chi connectivity index (χ4v) is 2.61. The third-order valence-corrected chi connectivity index (χ3v) is 3.48. The maximum absolute atomic E-state index is 13.5. The molecule has 0 amide bonds. The van der Waals surface area contributed by atoms with E-state index < -0.39 is 0 Å². The fraction of sp³-hybridized carbons (Fsp3) is 0.385. The molecule has 0 unspecified atom stereocenters. The third-order valence-electron chi connectivity index (χ3n) is 3.48. The van der Waals surface area contributed by atoms with Crippen molar-refractivity contribution in [2.45, 2.75) is 18.8 Å². The van der Waals surface area contributed by atoms with Gasteiger partial charge in [-0.15, -0.1) is 12.4 Å². The van der Waals surface area contributed by atoms with Crippen molar-refractivity contribution in [3.8, 4) is 0 Å². The van der Waals surface area contributed by atoms with E-state index in [-0.39, 0.29) is 18.2 Å². The van der Waals surface area contributed by atoms with E-state index in [1.807, 2.05) is 12.3 Å². The van der Waals surface area contributed by atoms with E-state index in [4.69, 9.17) is 0 Å². The Morgan fingerprint density at radius 1 is 1.18 bits per heavy atom. The first-order valence-corrected chi connectivity index (χ1v) is 5.82. The van der Waals surface area contributed by atoms with Crippen LogP contribution in [-0.4, -0.2) is 18.1 Å². The zero-order chi connectivity index (χ0) is 11.0. The van der Waals surface area contributed by atoms with Crippen LogP contribution in [0.5, 0.6) is 0 Å². The summed E-state index contributed by atoms with van der Waals surface area (Å²) in [6.45, 7) is 2.12. The van der Waals surface area contributed by atoms with Gasteiger partial charge in [-0.05, 0) is 43.5 Å². The van der Waals surface area contributed by atoms with E-state index in [1.54, 1.807) is 6.07 Å². The Bertz CT molecular complexity index is 503. The van der Waals surface area contributed by atoms with E-state index in [2.05, 4.69) is 10.3 Å². The van der Waals surface area contributed by atoms with Gasteiger partial charge in [0.15, 0.2) is 0 Å². The average Bonchev–Trinajstić information content (AvgIpc) is 2.75. The quantitative estimate of drug-likeness (QED) is 0.804. The number of aromatic nitrogens is 1. The molecular weight excluding hydrogens is 239 g/mol. The van der Waals surface area contributed by atoms with Crippen LogP contribution in [0, 0.1) is 5.82 Å². The lowest BCUT2D eigenvalue weighted by Gasteiger charge is -2.22. The van der Waals surface area contributed by atoms with Crippen LogP contribution >= 0.6 is 12.4 Å². The zero-order valence-corrected chi connectivity index (χ0v) is 10.3. The number of piperidine rings is 1. The summed E-state index contributed by atoms with van der Waals surface area (Å²) in [7, 11) is 0. The van der Waals surface area contributed by atoms with Gasteiger partial charge >= 0.3 is 0 Å². The van der Waals surface area contributed by atoms with Crippen LogP contribution in [0.4, 0.5) is 4.39 Å². The maximum atomic E-state index is 13.5. The second kappa shape index (κ2) is 5.07. The molecule has 1 fully saturated rings. The van der Waals surface area contributed by atoms with Crippen LogP contribution in [0.2, 0.25) is 0 Å². The smallest absolute Gasteiger partial charge is 0.147 e. The standard InChI is InChI=1S/C13H15FN2.ClH/c14-12-3-1-2-10-11(8-16-13(10)12)9-4-6-15-7-5-9;/h1-3,8-9,15-16H,4-7H2;1H. The van der Waals surface area contributed by atoms with Gasteiger partial charge in [-0.1, -0.05) is 12.1 Å². The molecule has 1 aliphatic rings. The predicted octanol–water partition coefficient (Wildman–Crippen LogP) is 3.20. The van der Waals surface area contributed by atoms with Crippen molar-refractivity contribution in [1.82, 2.24) is 10.3 Å². The number of H-pyrrole nitrogens is 1. The molecule has 0 spiro atoms. The lowest BCUT2D eigenvalue weighted by molar-refractivity contribution is 0.462. The average molecular weight is 255 g/mol. The number of rotatable bonds is 1. The number of fused-ring (bicyclic) bond motifs is 1. The van der Waals surface area contributed by atoms with Crippen molar-refractivity contribution in [3.05, 3.63) is 35.8 Å². The molecule has 0 atom stereocenters. The first-order valence-electron chi connectivity index (χ1n) is 5.82. The number of hydrogen-bond acceptors (Lipinski definition) is 1. The zero-order valence-electron chi connectivity index (χ0n) is 9.50. The van der Waals surface area contributed by atoms with Crippen molar-refractivity contribution in [2.24, 2.45) is 0 Å². The highest BCUT2D eigenvalue weighted by Crippen LogP contribution is 2.31. The van der Waals surface area contributed by atoms with Crippen LogP contribution in [0.3, 0.4) is 0 Å². The molecule has 2 heterocycles. The molecule has 0 saturated carbocycles. The van der Waals surface area contributed by atoms with E-state index in [0.717, 1.165) is 31.3 Å². The molecule has 1 aromatic heterocycles. The topological polar surface area (TPSA) is 27.8 Å². The molecule has 0 bridgehead atoms. The van der Waals surface area contributed by atoms with Crippen molar-refractivity contribution < 1.29 is 4.39 Å². The Morgan fingerprint density at radius 3 is 2.71 bits per heavy atom. The lowest BCUT2D eigenvalue weighted by atomic mass is 9.90. The second-order valence-corrected chi connectivity index (χ2v) is 4.43. The molecular formula is C13H16ClFN2. The molecule has 4 heteroatoms. The summed E-state index contributed by atoms with van der Waals surface area (Å²) in [4.78, 5) is 3.06. The Morgan fingerprint density at radius 2 is 1.94 bits per heavy atom. The molecule has 3 rings (SSSR count). The Kier molecular flexibility index (Phi) is 3.69. The first kappa shape index (κ1) is 12.4. The van der Waals surface area contributed by atoms with Crippen LogP contribution in [0.1, 0.15) is 24.3 Å². The van der Waals surface area contributed by atoms with Crippen molar-refractivity contribution in [1.29, 1.82) is 0 Å². The molecule has 92 valence electrons. The summed E-state index contributed by atoms with van der Waals surface area (Å²) < 4.78 is 13.5. The highest BCUT2D eigenvalue weighted by atomic mass is 35.5. The van der Waals surface area contributed by atoms with E-state index >= 15 is 0 Å². The minimum atomic E-state index is -0.155. The fourth-order valence-electron chi connectivity index (χ4n) is 2.61. The molecule has 2 N–H and O–H groups in total. The first-order chi connectivity index (χ1) is 7.86. The van der Waals surface area contributed by atoms with Crippen LogP contribution in [-0.2, 0) is 0 Å². The normalized spacial score (nSPS) is 17.0. The van der Waals surface area contributed by atoms with E-state index in [0.29, 0.717) is 11.4 Å². The molecule has 1 saturated heterocycles. The van der Waals surface area contributed by atoms with Crippen LogP contribution < -0.4 is 5.32 Å². The molecule has 17 heavy (non-hydrogen) atoms. The Labute approximate surface area is 106 Å². The van der Waals surface area contributed by atoms with Gasteiger partial charge in [0.2, 0.25) is 0 Å². The maximum Gasteiger partial charge on any atom is 0.147 e. The molecule has 2 aromatic rings. The SMILES string of the molecule is Cl.Fc1cccc2c(C3CCNCC3)c[nH]c12. The van der Waals surface area contributed by atoms with Gasteiger partial charge in [0.25, 0.3) is 0 Å². The summed E-state index contributed by atoms with van der Waals surface area (Å²) in [6.07, 6.45) is 4.26. The number of halogens is 2. The summed E-state index contributed by atoms with van der Waals surface area (Å²) in [5, 5.41) is 4.40. The molecule has 1 aliphatic heterocycles. The summed E-state index contributed by atoms with van der Waals surface area (Å²) in [5.41, 5.74) is 1.92. The summed E-state index contributed by atoms with van der Waals surface area (Å²) in [5.74, 6) is 0.412. The highest BCUT2D eigenvalue weighted by molar-refractivity contribution is 5.85. The van der Waals surface area contributed by atoms with Crippen molar-refractivity contribution >= 4 is 23.3 Å². The van der Waals surface area contributed by atoms with Gasteiger partial charge in [0.1, 0.15) is 5.82 Å². The van der Waals surface area contributed by atoms with Gasteiger partial charge in [-0.25, -0.2) is 4.39 Å². The van der Waals surface area contributed by atoms with Gasteiger partial charge in [-0.2, -0.15) is 0 Å². The molecule has 1 aromatic carbocycles. The molecule has 0 aliphatic carbocycles.